The van der Waals surface area contributed by atoms with E-state index in [-0.39, 0.29) is 40.8 Å². The van der Waals surface area contributed by atoms with Gasteiger partial charge in [0.1, 0.15) is 11.5 Å². The Morgan fingerprint density at radius 1 is 0.850 bits per heavy atom. The van der Waals surface area contributed by atoms with Crippen molar-refractivity contribution in [3.63, 3.8) is 0 Å². The number of anilines is 1. The van der Waals surface area contributed by atoms with Crippen molar-refractivity contribution < 1.29 is 29.3 Å². The summed E-state index contributed by atoms with van der Waals surface area (Å²) in [5.74, 6) is -0.0921. The minimum absolute atomic E-state index is 0.0105. The summed E-state index contributed by atoms with van der Waals surface area (Å²) in [5.41, 5.74) is 2.20. The molecule has 0 saturated carbocycles. The average Bonchev–Trinajstić information content (AvgIpc) is 3.19. The van der Waals surface area contributed by atoms with Crippen LogP contribution in [0.25, 0.3) is 6.08 Å². The van der Waals surface area contributed by atoms with Gasteiger partial charge in [-0.1, -0.05) is 54.6 Å². The van der Waals surface area contributed by atoms with Crippen molar-refractivity contribution in [2.45, 2.75) is 13.0 Å². The molecule has 0 unspecified atom stereocenters. The lowest BCUT2D eigenvalue weighted by molar-refractivity contribution is -0.123. The number of hydrogen-bond acceptors (Lipinski definition) is 7. The molecule has 200 valence electrons. The van der Waals surface area contributed by atoms with Crippen LogP contribution in [0.1, 0.15) is 16.7 Å². The van der Waals surface area contributed by atoms with Gasteiger partial charge in [-0.25, -0.2) is 0 Å². The van der Waals surface area contributed by atoms with Gasteiger partial charge < -0.3 is 20.3 Å². The fourth-order valence-electron chi connectivity index (χ4n) is 4.11. The van der Waals surface area contributed by atoms with E-state index in [0.717, 1.165) is 22.2 Å². The van der Waals surface area contributed by atoms with E-state index in [1.54, 1.807) is 24.3 Å². The zero-order chi connectivity index (χ0) is 28.1. The lowest BCUT2D eigenvalue weighted by Gasteiger charge is -2.14. The second-order valence-electron chi connectivity index (χ2n) is 8.97. The first-order chi connectivity index (χ1) is 19.4. The van der Waals surface area contributed by atoms with E-state index in [2.05, 4.69) is 5.32 Å². The molecule has 0 aliphatic carbocycles. The normalized spacial score (nSPS) is 14.0. The first-order valence-corrected chi connectivity index (χ1v) is 13.1. The monoisotopic (exact) mass is 552 g/mol. The predicted octanol–water partition coefficient (Wildman–Crippen LogP) is 6.31. The van der Waals surface area contributed by atoms with Crippen molar-refractivity contribution in [1.29, 1.82) is 0 Å². The minimum atomic E-state index is -0.509. The van der Waals surface area contributed by atoms with Crippen LogP contribution in [0.5, 0.6) is 23.0 Å². The molecule has 0 bridgehead atoms. The number of ether oxygens (including phenoxy) is 1. The fraction of sp³-hybridized carbons (Fsp3) is 0.0645. The maximum absolute atomic E-state index is 12.9. The van der Waals surface area contributed by atoms with Gasteiger partial charge in [0.05, 0.1) is 17.9 Å². The summed E-state index contributed by atoms with van der Waals surface area (Å²) in [6, 6.07) is 28.0. The third kappa shape index (κ3) is 6.33. The lowest BCUT2D eigenvalue weighted by atomic mass is 10.1. The van der Waals surface area contributed by atoms with Gasteiger partial charge in [0.15, 0.2) is 11.5 Å². The zero-order valence-electron chi connectivity index (χ0n) is 21.1. The standard InChI is InChI=1S/C31H24N2O6S/c34-26-14-6-9-22(29(26)36)18-27-30(37)33(31(38)40-27)19-21-8-4-10-23(15-21)32-28(35)17-20-7-5-13-25(16-20)39-24-11-2-1-3-12-24/h1-16,18,34,36H,17,19H2,(H,32,35). The van der Waals surface area contributed by atoms with Gasteiger partial charge in [-0.3, -0.25) is 19.3 Å². The number of phenols is 2. The molecule has 0 atom stereocenters. The molecule has 0 aromatic heterocycles. The molecule has 3 amide bonds. The number of hydrogen-bond donors (Lipinski definition) is 3. The highest BCUT2D eigenvalue weighted by Crippen LogP contribution is 2.37. The molecule has 4 aromatic carbocycles. The van der Waals surface area contributed by atoms with Crippen LogP contribution in [0.15, 0.2) is 102 Å². The van der Waals surface area contributed by atoms with Gasteiger partial charge in [0.2, 0.25) is 5.91 Å². The van der Waals surface area contributed by atoms with Gasteiger partial charge in [-0.15, -0.1) is 0 Å². The van der Waals surface area contributed by atoms with E-state index in [1.165, 1.54) is 24.3 Å². The number of carbonyl (C=O) groups is 3. The molecule has 0 radical (unpaired) electrons. The number of phenolic OH excluding ortho intramolecular Hbond substituents is 2. The van der Waals surface area contributed by atoms with Crippen molar-refractivity contribution in [2.24, 2.45) is 0 Å². The summed E-state index contributed by atoms with van der Waals surface area (Å²) < 4.78 is 5.85. The van der Waals surface area contributed by atoms with Crippen molar-refractivity contribution in [3.8, 4) is 23.0 Å². The van der Waals surface area contributed by atoms with Gasteiger partial charge in [-0.2, -0.15) is 0 Å². The summed E-state index contributed by atoms with van der Waals surface area (Å²) in [7, 11) is 0. The molecule has 1 aliphatic heterocycles. The van der Waals surface area contributed by atoms with Crippen LogP contribution >= 0.6 is 11.8 Å². The number of aromatic hydroxyl groups is 2. The Morgan fingerprint density at radius 3 is 2.40 bits per heavy atom. The average molecular weight is 553 g/mol. The molecule has 8 nitrogen and oxygen atoms in total. The summed E-state index contributed by atoms with van der Waals surface area (Å²) in [6.07, 6.45) is 1.50. The molecular formula is C31H24N2O6S. The largest absolute Gasteiger partial charge is 0.504 e. The topological polar surface area (TPSA) is 116 Å². The Bertz CT molecular complexity index is 1620. The number of nitrogens with zero attached hydrogens (tertiary/aromatic N) is 1. The van der Waals surface area contributed by atoms with Crippen LogP contribution in [0.3, 0.4) is 0 Å². The summed E-state index contributed by atoms with van der Waals surface area (Å²) in [6.45, 7) is 0.0105. The maximum Gasteiger partial charge on any atom is 0.293 e. The Morgan fingerprint density at radius 2 is 1.57 bits per heavy atom. The van der Waals surface area contributed by atoms with Gasteiger partial charge >= 0.3 is 0 Å². The highest BCUT2D eigenvalue weighted by molar-refractivity contribution is 8.18. The first-order valence-electron chi connectivity index (χ1n) is 12.3. The van der Waals surface area contributed by atoms with Gasteiger partial charge in [0.25, 0.3) is 11.1 Å². The molecule has 5 rings (SSSR count). The highest BCUT2D eigenvalue weighted by Gasteiger charge is 2.35. The molecule has 4 aromatic rings. The van der Waals surface area contributed by atoms with E-state index < -0.39 is 11.1 Å². The zero-order valence-corrected chi connectivity index (χ0v) is 21.9. The quantitative estimate of drug-likeness (QED) is 0.173. The maximum atomic E-state index is 12.9. The van der Waals surface area contributed by atoms with Crippen LogP contribution in [0.2, 0.25) is 0 Å². The molecule has 9 heteroatoms. The van der Waals surface area contributed by atoms with E-state index in [9.17, 15) is 24.6 Å². The fourth-order valence-corrected chi connectivity index (χ4v) is 4.94. The first kappa shape index (κ1) is 26.6. The number of para-hydroxylation sites is 2. The van der Waals surface area contributed by atoms with Gasteiger partial charge in [0, 0.05) is 11.3 Å². The molecule has 1 heterocycles. The molecule has 40 heavy (non-hydrogen) atoms. The number of thioether (sulfide) groups is 1. The van der Waals surface area contributed by atoms with Crippen LogP contribution in [-0.4, -0.2) is 32.2 Å². The number of rotatable bonds is 8. The molecule has 1 fully saturated rings. The SMILES string of the molecule is O=C(Cc1cccc(Oc2ccccc2)c1)Nc1cccc(CN2C(=O)SC(=Cc3cccc(O)c3O)C2=O)c1. The van der Waals surface area contributed by atoms with E-state index in [4.69, 9.17) is 4.74 Å². The number of amides is 3. The number of imide groups is 1. The van der Waals surface area contributed by atoms with E-state index in [1.807, 2.05) is 54.6 Å². The van der Waals surface area contributed by atoms with Crippen LogP contribution in [-0.2, 0) is 22.6 Å². The second kappa shape index (κ2) is 11.8. The number of carbonyl (C=O) groups excluding carboxylic acids is 3. The summed E-state index contributed by atoms with van der Waals surface area (Å²) >= 11 is 0.754. The summed E-state index contributed by atoms with van der Waals surface area (Å²) in [5, 5.41) is 22.1. The molecule has 1 saturated heterocycles. The van der Waals surface area contributed by atoms with E-state index >= 15 is 0 Å². The van der Waals surface area contributed by atoms with Crippen molar-refractivity contribution in [2.75, 3.05) is 5.32 Å². The Kier molecular flexibility index (Phi) is 7.84. The predicted molar refractivity (Wildman–Crippen MR) is 153 cm³/mol. The van der Waals surface area contributed by atoms with Crippen LogP contribution in [0.4, 0.5) is 10.5 Å². The van der Waals surface area contributed by atoms with Crippen molar-refractivity contribution in [1.82, 2.24) is 4.90 Å². The third-order valence-electron chi connectivity index (χ3n) is 6.00. The molecule has 1 aliphatic rings. The molecule has 0 spiro atoms. The van der Waals surface area contributed by atoms with E-state index in [0.29, 0.717) is 22.7 Å². The second-order valence-corrected chi connectivity index (χ2v) is 9.96. The lowest BCUT2D eigenvalue weighted by Crippen LogP contribution is -2.27. The minimum Gasteiger partial charge on any atom is -0.504 e. The smallest absolute Gasteiger partial charge is 0.293 e. The Hall–Kier alpha value is -5.02. The molecule has 3 N–H and O–H groups in total. The third-order valence-corrected chi connectivity index (χ3v) is 6.91. The Labute approximate surface area is 234 Å². The highest BCUT2D eigenvalue weighted by atomic mass is 32.2. The number of nitrogens with one attached hydrogen (secondary N) is 1. The number of benzene rings is 4. The van der Waals surface area contributed by atoms with Crippen LogP contribution < -0.4 is 10.1 Å². The van der Waals surface area contributed by atoms with Crippen molar-refractivity contribution >= 4 is 40.6 Å². The summed E-state index contributed by atoms with van der Waals surface area (Å²) in [4.78, 5) is 39.5. The Balaban J connectivity index is 1.22. The van der Waals surface area contributed by atoms with Crippen LogP contribution in [0, 0.1) is 0 Å². The van der Waals surface area contributed by atoms with Gasteiger partial charge in [-0.05, 0) is 71.4 Å². The van der Waals surface area contributed by atoms with Crippen molar-refractivity contribution in [3.05, 3.63) is 119 Å². The molecular weight excluding hydrogens is 528 g/mol.